The Labute approximate surface area is 147 Å². The molecule has 1 aliphatic rings. The maximum atomic E-state index is 10.3. The normalized spacial score (nSPS) is 16.7. The van der Waals surface area contributed by atoms with Crippen molar-refractivity contribution < 1.29 is 5.11 Å². The lowest BCUT2D eigenvalue weighted by Crippen LogP contribution is -2.31. The van der Waals surface area contributed by atoms with Crippen LogP contribution < -0.4 is 16.8 Å². The molecular weight excluding hydrogens is 316 g/mol. The van der Waals surface area contributed by atoms with Gasteiger partial charge in [0.1, 0.15) is 5.75 Å². The van der Waals surface area contributed by atoms with Crippen molar-refractivity contribution in [3.8, 4) is 11.4 Å². The van der Waals surface area contributed by atoms with Gasteiger partial charge in [-0.1, -0.05) is 0 Å². The molecule has 1 aromatic heterocycles. The van der Waals surface area contributed by atoms with Crippen molar-refractivity contribution in [2.45, 2.75) is 6.42 Å². The van der Waals surface area contributed by atoms with Gasteiger partial charge in [0.25, 0.3) is 0 Å². The van der Waals surface area contributed by atoms with Crippen LogP contribution in [0.1, 0.15) is 12.0 Å². The molecule has 132 valence electrons. The second-order valence-electron chi connectivity index (χ2n) is 5.96. The Balaban J connectivity index is 1.76. The number of benzene rings is 1. The average molecular weight is 340 g/mol. The maximum Gasteiger partial charge on any atom is 0.127 e. The van der Waals surface area contributed by atoms with Crippen molar-refractivity contribution in [2.75, 3.05) is 26.2 Å². The molecule has 6 N–H and O–H groups in total. The van der Waals surface area contributed by atoms with Gasteiger partial charge in [0.15, 0.2) is 0 Å². The number of nitrogens with two attached hydrogens (primary N) is 2. The van der Waals surface area contributed by atoms with E-state index in [1.54, 1.807) is 35.2 Å². The molecule has 1 fully saturated rings. The van der Waals surface area contributed by atoms with Gasteiger partial charge in [-0.2, -0.15) is 5.10 Å². The predicted molar refractivity (Wildman–Crippen MR) is 98.7 cm³/mol. The molecule has 0 bridgehead atoms. The summed E-state index contributed by atoms with van der Waals surface area (Å²) in [4.78, 5) is 2.13. The lowest BCUT2D eigenvalue weighted by atomic mass is 10.1. The zero-order valence-corrected chi connectivity index (χ0v) is 14.1. The minimum absolute atomic E-state index is 0.104. The second kappa shape index (κ2) is 7.76. The van der Waals surface area contributed by atoms with E-state index in [4.69, 9.17) is 11.5 Å². The standard InChI is InChI=1S/C18H24N6O/c19-16(5-6-18(20)23-10-1-7-21-9-12-23)15-4-3-14(13-17(15)25)24-11-2-8-22-24/h2-6,8,11,13,21,25H,1,7,9-10,12,19-20H2/b16-5-,18-6+. The number of rotatable bonds is 4. The van der Waals surface area contributed by atoms with Crippen LogP contribution in [0, 0.1) is 0 Å². The van der Waals surface area contributed by atoms with Gasteiger partial charge in [0, 0.05) is 49.4 Å². The largest absolute Gasteiger partial charge is 0.507 e. The first-order chi connectivity index (χ1) is 12.1. The Bertz CT molecular complexity index is 758. The molecule has 0 unspecified atom stereocenters. The summed E-state index contributed by atoms with van der Waals surface area (Å²) in [6.07, 6.45) is 8.08. The molecule has 1 aliphatic heterocycles. The summed E-state index contributed by atoms with van der Waals surface area (Å²) < 4.78 is 1.68. The van der Waals surface area contributed by atoms with Crippen molar-refractivity contribution in [1.29, 1.82) is 0 Å². The molecule has 0 spiro atoms. The number of hydrogen-bond acceptors (Lipinski definition) is 6. The third kappa shape index (κ3) is 4.13. The Morgan fingerprint density at radius 2 is 2.08 bits per heavy atom. The van der Waals surface area contributed by atoms with Crippen LogP contribution >= 0.6 is 0 Å². The zero-order valence-electron chi connectivity index (χ0n) is 14.1. The highest BCUT2D eigenvalue weighted by molar-refractivity contribution is 5.70. The van der Waals surface area contributed by atoms with Crippen LogP contribution in [0.4, 0.5) is 0 Å². The minimum atomic E-state index is 0.104. The van der Waals surface area contributed by atoms with Gasteiger partial charge in [-0.25, -0.2) is 4.68 Å². The molecule has 0 aliphatic carbocycles. The fourth-order valence-corrected chi connectivity index (χ4v) is 2.80. The Hall–Kier alpha value is -2.93. The first-order valence-electron chi connectivity index (χ1n) is 8.37. The monoisotopic (exact) mass is 340 g/mol. The quantitative estimate of drug-likeness (QED) is 0.618. The molecule has 1 aromatic carbocycles. The molecule has 2 aromatic rings. The summed E-state index contributed by atoms with van der Waals surface area (Å²) in [5, 5.41) is 17.8. The third-order valence-electron chi connectivity index (χ3n) is 4.20. The summed E-state index contributed by atoms with van der Waals surface area (Å²) in [5.41, 5.74) is 14.1. The van der Waals surface area contributed by atoms with Gasteiger partial charge in [-0.3, -0.25) is 0 Å². The van der Waals surface area contributed by atoms with Crippen LogP contribution in [0.2, 0.25) is 0 Å². The van der Waals surface area contributed by atoms with Gasteiger partial charge in [-0.05, 0) is 43.3 Å². The van der Waals surface area contributed by atoms with Gasteiger partial charge in [0.2, 0.25) is 0 Å². The lowest BCUT2D eigenvalue weighted by molar-refractivity contribution is 0.364. The average Bonchev–Trinajstić information content (AvgIpc) is 3.01. The molecule has 7 nitrogen and oxygen atoms in total. The first kappa shape index (κ1) is 16.9. The summed E-state index contributed by atoms with van der Waals surface area (Å²) in [6, 6.07) is 7.09. The molecule has 25 heavy (non-hydrogen) atoms. The van der Waals surface area contributed by atoms with Gasteiger partial charge < -0.3 is 26.8 Å². The van der Waals surface area contributed by atoms with E-state index in [1.165, 1.54) is 0 Å². The minimum Gasteiger partial charge on any atom is -0.507 e. The molecule has 1 saturated heterocycles. The molecule has 2 heterocycles. The molecule has 0 saturated carbocycles. The molecule has 3 rings (SSSR count). The Kier molecular flexibility index (Phi) is 5.25. The van der Waals surface area contributed by atoms with E-state index >= 15 is 0 Å². The van der Waals surface area contributed by atoms with E-state index in [-0.39, 0.29) is 5.75 Å². The van der Waals surface area contributed by atoms with Crippen LogP contribution in [-0.4, -0.2) is 46.0 Å². The smallest absolute Gasteiger partial charge is 0.127 e. The number of aromatic nitrogens is 2. The number of phenols is 1. The van der Waals surface area contributed by atoms with E-state index in [0.717, 1.165) is 38.3 Å². The van der Waals surface area contributed by atoms with Crippen molar-refractivity contribution in [2.24, 2.45) is 11.5 Å². The summed E-state index contributed by atoms with van der Waals surface area (Å²) in [7, 11) is 0. The molecule has 0 radical (unpaired) electrons. The van der Waals surface area contributed by atoms with Gasteiger partial charge in [-0.15, -0.1) is 0 Å². The van der Waals surface area contributed by atoms with Crippen molar-refractivity contribution in [3.63, 3.8) is 0 Å². The van der Waals surface area contributed by atoms with Gasteiger partial charge >= 0.3 is 0 Å². The van der Waals surface area contributed by atoms with E-state index < -0.39 is 0 Å². The highest BCUT2D eigenvalue weighted by atomic mass is 16.3. The number of nitrogens with one attached hydrogen (secondary N) is 1. The molecular formula is C18H24N6O. The summed E-state index contributed by atoms with van der Waals surface area (Å²) in [6.45, 7) is 3.73. The van der Waals surface area contributed by atoms with E-state index in [1.807, 2.05) is 18.3 Å². The van der Waals surface area contributed by atoms with Gasteiger partial charge in [0.05, 0.1) is 11.5 Å². The maximum absolute atomic E-state index is 10.3. The van der Waals surface area contributed by atoms with Crippen LogP contribution in [0.15, 0.2) is 54.6 Å². The number of allylic oxidation sites excluding steroid dienone is 2. The number of phenolic OH excluding ortho intramolecular Hbond substituents is 1. The van der Waals surface area contributed by atoms with E-state index in [2.05, 4.69) is 15.3 Å². The molecule has 0 atom stereocenters. The van der Waals surface area contributed by atoms with Crippen molar-refractivity contribution >= 4 is 5.70 Å². The lowest BCUT2D eigenvalue weighted by Gasteiger charge is -2.21. The van der Waals surface area contributed by atoms with E-state index in [9.17, 15) is 5.11 Å². The SMILES string of the molecule is N/C(=C\C=C(/N)N1CCCNCC1)c1ccc(-n2cccn2)cc1O. The summed E-state index contributed by atoms with van der Waals surface area (Å²) >= 11 is 0. The van der Waals surface area contributed by atoms with E-state index in [0.29, 0.717) is 17.1 Å². The van der Waals surface area contributed by atoms with Crippen LogP contribution in [0.5, 0.6) is 5.75 Å². The predicted octanol–water partition coefficient (Wildman–Crippen LogP) is 0.973. The number of nitrogens with zero attached hydrogens (tertiary/aromatic N) is 3. The Morgan fingerprint density at radius 1 is 1.20 bits per heavy atom. The fourth-order valence-electron chi connectivity index (χ4n) is 2.80. The summed E-state index contributed by atoms with van der Waals surface area (Å²) in [5.74, 6) is 0.784. The first-order valence-corrected chi connectivity index (χ1v) is 8.37. The highest BCUT2D eigenvalue weighted by Crippen LogP contribution is 2.25. The second-order valence-corrected chi connectivity index (χ2v) is 5.96. The fraction of sp³-hybridized carbons (Fsp3) is 0.278. The number of aromatic hydroxyl groups is 1. The molecule has 7 heteroatoms. The van der Waals surface area contributed by atoms with Crippen LogP contribution in [0.25, 0.3) is 11.4 Å². The van der Waals surface area contributed by atoms with Crippen LogP contribution in [-0.2, 0) is 0 Å². The van der Waals surface area contributed by atoms with Crippen LogP contribution in [0.3, 0.4) is 0 Å². The van der Waals surface area contributed by atoms with Crippen molar-refractivity contribution in [1.82, 2.24) is 20.0 Å². The third-order valence-corrected chi connectivity index (χ3v) is 4.20. The molecule has 0 amide bonds. The topological polar surface area (TPSA) is 105 Å². The Morgan fingerprint density at radius 3 is 2.84 bits per heavy atom. The zero-order chi connectivity index (χ0) is 17.6. The number of hydrogen-bond donors (Lipinski definition) is 4. The highest BCUT2D eigenvalue weighted by Gasteiger charge is 2.09. The van der Waals surface area contributed by atoms with Crippen molar-refractivity contribution in [3.05, 3.63) is 60.2 Å².